The number of amides is 1. The van der Waals surface area contributed by atoms with Crippen molar-refractivity contribution in [3.63, 3.8) is 0 Å². The molecule has 0 aliphatic heterocycles. The molecule has 1 aliphatic rings. The van der Waals surface area contributed by atoms with Gasteiger partial charge in [0.05, 0.1) is 0 Å². The fourth-order valence-corrected chi connectivity index (χ4v) is 1.49. The molecule has 0 radical (unpaired) electrons. The van der Waals surface area contributed by atoms with Gasteiger partial charge in [0, 0.05) is 25.9 Å². The van der Waals surface area contributed by atoms with E-state index >= 15 is 0 Å². The van der Waals surface area contributed by atoms with Crippen LogP contribution in [-0.2, 0) is 4.79 Å². The van der Waals surface area contributed by atoms with Gasteiger partial charge in [0.15, 0.2) is 0 Å². The van der Waals surface area contributed by atoms with E-state index in [0.717, 1.165) is 12.8 Å². The molecule has 0 aromatic rings. The fraction of sp³-hybridized carbons (Fsp3) is 0.750. The Morgan fingerprint density at radius 1 is 1.67 bits per heavy atom. The number of nitrogens with zero attached hydrogens (tertiary/aromatic N) is 1. The third-order valence-corrected chi connectivity index (χ3v) is 2.31. The number of carbonyl (C=O) groups is 2. The highest BCUT2D eigenvalue weighted by Crippen LogP contribution is 2.18. The summed E-state index contributed by atoms with van der Waals surface area (Å²) < 4.78 is 0. The average Bonchev–Trinajstić information content (AvgIpc) is 2.03. The molecule has 1 saturated carbocycles. The van der Waals surface area contributed by atoms with Crippen LogP contribution in [0.3, 0.4) is 0 Å². The standard InChI is InChI=1S/C8H13NO3/c1-9(8(11)12)6-3-2-4-7(10)5-6/h6H,2-5H2,1H3,(H,11,12). The zero-order chi connectivity index (χ0) is 9.14. The maximum Gasteiger partial charge on any atom is 0.407 e. The van der Waals surface area contributed by atoms with Crippen molar-refractivity contribution in [2.24, 2.45) is 0 Å². The molecular formula is C8H13NO3. The largest absolute Gasteiger partial charge is 0.465 e. The van der Waals surface area contributed by atoms with E-state index in [1.54, 1.807) is 0 Å². The van der Waals surface area contributed by atoms with Crippen LogP contribution in [0, 0.1) is 0 Å². The van der Waals surface area contributed by atoms with Crippen LogP contribution >= 0.6 is 0 Å². The quantitative estimate of drug-likeness (QED) is 0.642. The van der Waals surface area contributed by atoms with E-state index in [2.05, 4.69) is 0 Å². The number of ketones is 1. The molecule has 0 aromatic carbocycles. The van der Waals surface area contributed by atoms with Crippen molar-refractivity contribution in [3.8, 4) is 0 Å². The Kier molecular flexibility index (Phi) is 2.68. The Morgan fingerprint density at radius 2 is 2.33 bits per heavy atom. The number of rotatable bonds is 1. The molecule has 0 spiro atoms. The Balaban J connectivity index is 2.51. The van der Waals surface area contributed by atoms with Crippen LogP contribution in [0.25, 0.3) is 0 Å². The summed E-state index contributed by atoms with van der Waals surface area (Å²) in [4.78, 5) is 22.7. The highest BCUT2D eigenvalue weighted by atomic mass is 16.4. The van der Waals surface area contributed by atoms with Gasteiger partial charge < -0.3 is 10.0 Å². The fourth-order valence-electron chi connectivity index (χ4n) is 1.49. The predicted molar refractivity (Wildman–Crippen MR) is 43.1 cm³/mol. The van der Waals surface area contributed by atoms with Crippen LogP contribution in [0.1, 0.15) is 25.7 Å². The summed E-state index contributed by atoms with van der Waals surface area (Å²) in [6.07, 6.45) is 1.69. The molecule has 4 nitrogen and oxygen atoms in total. The van der Waals surface area contributed by atoms with E-state index in [1.165, 1.54) is 11.9 Å². The summed E-state index contributed by atoms with van der Waals surface area (Å²) in [5.74, 6) is 0.180. The van der Waals surface area contributed by atoms with Crippen molar-refractivity contribution in [1.82, 2.24) is 4.90 Å². The van der Waals surface area contributed by atoms with Crippen LogP contribution in [-0.4, -0.2) is 35.0 Å². The molecule has 1 fully saturated rings. The van der Waals surface area contributed by atoms with E-state index in [1.807, 2.05) is 0 Å². The minimum Gasteiger partial charge on any atom is -0.465 e. The number of hydrogen-bond donors (Lipinski definition) is 1. The number of carboxylic acid groups (broad SMARTS) is 1. The summed E-state index contributed by atoms with van der Waals surface area (Å²) in [6.45, 7) is 0. The minimum atomic E-state index is -0.949. The van der Waals surface area contributed by atoms with Crippen molar-refractivity contribution < 1.29 is 14.7 Å². The minimum absolute atomic E-state index is 0.0938. The second kappa shape index (κ2) is 3.56. The highest BCUT2D eigenvalue weighted by molar-refractivity contribution is 5.80. The molecule has 1 atom stereocenters. The lowest BCUT2D eigenvalue weighted by Gasteiger charge is -2.28. The first-order valence-corrected chi connectivity index (χ1v) is 4.08. The molecule has 1 aliphatic carbocycles. The smallest absolute Gasteiger partial charge is 0.407 e. The second-order valence-corrected chi connectivity index (χ2v) is 3.18. The summed E-state index contributed by atoms with van der Waals surface area (Å²) >= 11 is 0. The normalized spacial score (nSPS) is 23.8. The van der Waals surface area contributed by atoms with E-state index in [4.69, 9.17) is 5.11 Å². The molecule has 0 aromatic heterocycles. The van der Waals surface area contributed by atoms with Crippen LogP contribution in [0.15, 0.2) is 0 Å². The number of carbonyl (C=O) groups excluding carboxylic acids is 1. The lowest BCUT2D eigenvalue weighted by Crippen LogP contribution is -2.39. The molecular weight excluding hydrogens is 158 g/mol. The first-order valence-electron chi connectivity index (χ1n) is 4.08. The number of hydrogen-bond acceptors (Lipinski definition) is 2. The lowest BCUT2D eigenvalue weighted by atomic mass is 9.94. The molecule has 1 rings (SSSR count). The van der Waals surface area contributed by atoms with Gasteiger partial charge in [-0.3, -0.25) is 4.79 Å². The third-order valence-electron chi connectivity index (χ3n) is 2.31. The maximum atomic E-state index is 11.0. The van der Waals surface area contributed by atoms with E-state index in [-0.39, 0.29) is 11.8 Å². The Bertz CT molecular complexity index is 200. The zero-order valence-electron chi connectivity index (χ0n) is 7.12. The molecule has 0 bridgehead atoms. The van der Waals surface area contributed by atoms with Crippen LogP contribution in [0.4, 0.5) is 4.79 Å². The van der Waals surface area contributed by atoms with Gasteiger partial charge >= 0.3 is 6.09 Å². The molecule has 12 heavy (non-hydrogen) atoms. The third kappa shape index (κ3) is 1.96. The Hall–Kier alpha value is -1.06. The van der Waals surface area contributed by atoms with Gasteiger partial charge in [0.1, 0.15) is 5.78 Å². The summed E-state index contributed by atoms with van der Waals surface area (Å²) in [5, 5.41) is 8.64. The molecule has 4 heteroatoms. The molecule has 68 valence electrons. The van der Waals surface area contributed by atoms with Gasteiger partial charge in [0.2, 0.25) is 0 Å². The van der Waals surface area contributed by atoms with Crippen LogP contribution in [0.2, 0.25) is 0 Å². The SMILES string of the molecule is CN(C(=O)O)C1CCCC(=O)C1. The summed E-state index contributed by atoms with van der Waals surface area (Å²) in [7, 11) is 1.52. The molecule has 0 saturated heterocycles. The Morgan fingerprint density at radius 3 is 2.83 bits per heavy atom. The monoisotopic (exact) mass is 171 g/mol. The Labute approximate surface area is 71.2 Å². The van der Waals surface area contributed by atoms with Gasteiger partial charge in [-0.25, -0.2) is 4.79 Å². The van der Waals surface area contributed by atoms with Crippen molar-refractivity contribution in [2.45, 2.75) is 31.7 Å². The van der Waals surface area contributed by atoms with Crippen molar-refractivity contribution in [1.29, 1.82) is 0 Å². The van der Waals surface area contributed by atoms with Crippen molar-refractivity contribution >= 4 is 11.9 Å². The van der Waals surface area contributed by atoms with E-state index in [9.17, 15) is 9.59 Å². The second-order valence-electron chi connectivity index (χ2n) is 3.18. The zero-order valence-corrected chi connectivity index (χ0v) is 7.12. The van der Waals surface area contributed by atoms with Crippen molar-refractivity contribution in [3.05, 3.63) is 0 Å². The van der Waals surface area contributed by atoms with Crippen molar-refractivity contribution in [2.75, 3.05) is 7.05 Å². The van der Waals surface area contributed by atoms with Gasteiger partial charge in [-0.15, -0.1) is 0 Å². The molecule has 1 N–H and O–H groups in total. The summed E-state index contributed by atoms with van der Waals surface area (Å²) in [5.41, 5.74) is 0. The molecule has 1 amide bonds. The van der Waals surface area contributed by atoms with E-state index < -0.39 is 6.09 Å². The van der Waals surface area contributed by atoms with Gasteiger partial charge in [-0.05, 0) is 12.8 Å². The highest BCUT2D eigenvalue weighted by Gasteiger charge is 2.25. The maximum absolute atomic E-state index is 11.0. The first-order chi connectivity index (χ1) is 5.61. The van der Waals surface area contributed by atoms with Gasteiger partial charge in [-0.2, -0.15) is 0 Å². The first kappa shape index (κ1) is 9.03. The predicted octanol–water partition coefficient (Wildman–Crippen LogP) is 1.11. The number of Topliss-reactive ketones (excluding diaryl/α,β-unsaturated/α-hetero) is 1. The molecule has 1 unspecified atom stereocenters. The molecule has 0 heterocycles. The summed E-state index contributed by atoms with van der Waals surface area (Å²) in [6, 6.07) is -0.0938. The van der Waals surface area contributed by atoms with Gasteiger partial charge in [0.25, 0.3) is 0 Å². The van der Waals surface area contributed by atoms with Crippen LogP contribution in [0.5, 0.6) is 0 Å². The topological polar surface area (TPSA) is 57.6 Å². The lowest BCUT2D eigenvalue weighted by molar-refractivity contribution is -0.121. The average molecular weight is 171 g/mol. The van der Waals surface area contributed by atoms with Gasteiger partial charge in [-0.1, -0.05) is 0 Å². The van der Waals surface area contributed by atoms with Crippen LogP contribution < -0.4 is 0 Å². The van der Waals surface area contributed by atoms with E-state index in [0.29, 0.717) is 12.8 Å².